The van der Waals surface area contributed by atoms with Gasteiger partial charge in [-0.25, -0.2) is 13.2 Å². The molecule has 0 bridgehead atoms. The van der Waals surface area contributed by atoms with E-state index in [0.717, 1.165) is 19.3 Å². The molecular weight excluding hydrogens is 370 g/mol. The lowest BCUT2D eigenvalue weighted by Gasteiger charge is -2.29. The Balaban J connectivity index is 2.19. The number of sulfonamides is 1. The molecule has 2 N–H and O–H groups in total. The number of piperidine rings is 1. The van der Waals surface area contributed by atoms with E-state index in [-0.39, 0.29) is 10.6 Å². The van der Waals surface area contributed by atoms with Crippen LogP contribution in [0.2, 0.25) is 0 Å². The highest BCUT2D eigenvalue weighted by Crippen LogP contribution is 2.24. The van der Waals surface area contributed by atoms with Crippen molar-refractivity contribution in [2.45, 2.75) is 56.9 Å². The van der Waals surface area contributed by atoms with Crippen molar-refractivity contribution in [1.29, 1.82) is 0 Å². The Labute approximate surface area is 160 Å². The number of amides is 1. The van der Waals surface area contributed by atoms with Crippen LogP contribution < -0.4 is 5.32 Å². The quantitative estimate of drug-likeness (QED) is 0.693. The molecule has 0 aromatic carbocycles. The normalized spacial score (nSPS) is 19.6. The number of nitrogens with zero attached hydrogens (tertiary/aromatic N) is 2. The van der Waals surface area contributed by atoms with E-state index < -0.39 is 27.9 Å². The van der Waals surface area contributed by atoms with E-state index >= 15 is 0 Å². The zero-order valence-electron chi connectivity index (χ0n) is 16.1. The number of unbranched alkanes of at least 4 members (excludes halogenated alkanes) is 1. The van der Waals surface area contributed by atoms with Gasteiger partial charge < -0.3 is 15.0 Å². The molecule has 1 aromatic rings. The van der Waals surface area contributed by atoms with Gasteiger partial charge in [-0.15, -0.1) is 0 Å². The number of hydrogen-bond donors (Lipinski definition) is 2. The standard InChI is InChI=1S/C18H29N3O5S/c1-4-5-8-15(18(23)24)19-17(22)16-10-14(12-20(16)3)27(25,26)21-9-6-7-13(2)11-21/h10,12-13,15H,4-9,11H2,1-3H3,(H,19,22)(H,23,24). The largest absolute Gasteiger partial charge is 0.480 e. The Hall–Kier alpha value is -1.87. The maximum atomic E-state index is 12.9. The van der Waals surface area contributed by atoms with Crippen LogP contribution >= 0.6 is 0 Å². The topological polar surface area (TPSA) is 109 Å². The molecule has 1 aliphatic heterocycles. The third-order valence-corrected chi connectivity index (χ3v) is 6.75. The van der Waals surface area contributed by atoms with Gasteiger partial charge in [0, 0.05) is 26.3 Å². The van der Waals surface area contributed by atoms with E-state index in [9.17, 15) is 23.1 Å². The molecule has 1 fully saturated rings. The van der Waals surface area contributed by atoms with Crippen LogP contribution in [0.25, 0.3) is 0 Å². The molecule has 1 aromatic heterocycles. The second-order valence-corrected chi connectivity index (χ2v) is 9.23. The zero-order valence-corrected chi connectivity index (χ0v) is 17.0. The van der Waals surface area contributed by atoms with Crippen LogP contribution in [0.15, 0.2) is 17.2 Å². The second kappa shape index (κ2) is 8.88. The number of hydrogen-bond acceptors (Lipinski definition) is 4. The number of aryl methyl sites for hydroxylation is 1. The number of carbonyl (C=O) groups excluding carboxylic acids is 1. The summed E-state index contributed by atoms with van der Waals surface area (Å²) in [5.41, 5.74) is 0.126. The fourth-order valence-electron chi connectivity index (χ4n) is 3.31. The first-order valence-electron chi connectivity index (χ1n) is 9.37. The maximum absolute atomic E-state index is 12.9. The van der Waals surface area contributed by atoms with Crippen molar-refractivity contribution in [1.82, 2.24) is 14.2 Å². The fraction of sp³-hybridized carbons (Fsp3) is 0.667. The SMILES string of the molecule is CCCCC(NC(=O)c1cc(S(=O)(=O)N2CCCC(C)C2)cn1C)C(=O)O. The van der Waals surface area contributed by atoms with Gasteiger partial charge in [-0.1, -0.05) is 26.7 Å². The number of aromatic nitrogens is 1. The zero-order chi connectivity index (χ0) is 20.2. The average molecular weight is 400 g/mol. The smallest absolute Gasteiger partial charge is 0.326 e. The Morgan fingerprint density at radius 2 is 2.11 bits per heavy atom. The van der Waals surface area contributed by atoms with Gasteiger partial charge in [0.25, 0.3) is 5.91 Å². The van der Waals surface area contributed by atoms with Crippen molar-refractivity contribution in [3.63, 3.8) is 0 Å². The molecule has 1 saturated heterocycles. The van der Waals surface area contributed by atoms with E-state index in [1.807, 2.05) is 13.8 Å². The molecule has 152 valence electrons. The molecule has 2 atom stereocenters. The van der Waals surface area contributed by atoms with Gasteiger partial charge in [0.05, 0.1) is 0 Å². The number of carboxylic acid groups (broad SMARTS) is 1. The number of aliphatic carboxylic acids is 1. The van der Waals surface area contributed by atoms with Crippen molar-refractivity contribution in [2.24, 2.45) is 13.0 Å². The summed E-state index contributed by atoms with van der Waals surface area (Å²) in [5.74, 6) is -1.38. The van der Waals surface area contributed by atoms with Crippen molar-refractivity contribution < 1.29 is 23.1 Å². The molecule has 0 spiro atoms. The molecule has 2 heterocycles. The van der Waals surface area contributed by atoms with Gasteiger partial charge >= 0.3 is 5.97 Å². The van der Waals surface area contributed by atoms with Crippen molar-refractivity contribution in [3.8, 4) is 0 Å². The lowest BCUT2D eigenvalue weighted by molar-refractivity contribution is -0.139. The highest BCUT2D eigenvalue weighted by atomic mass is 32.2. The summed E-state index contributed by atoms with van der Waals surface area (Å²) < 4.78 is 28.6. The molecular formula is C18H29N3O5S. The maximum Gasteiger partial charge on any atom is 0.326 e. The lowest BCUT2D eigenvalue weighted by atomic mass is 10.0. The van der Waals surface area contributed by atoms with E-state index in [0.29, 0.717) is 31.8 Å². The Bertz CT molecular complexity index is 787. The number of carbonyl (C=O) groups is 2. The van der Waals surface area contributed by atoms with Gasteiger partial charge in [-0.2, -0.15) is 4.31 Å². The summed E-state index contributed by atoms with van der Waals surface area (Å²) in [6, 6.07) is 0.332. The monoisotopic (exact) mass is 399 g/mol. The molecule has 0 radical (unpaired) electrons. The third-order valence-electron chi connectivity index (χ3n) is 4.92. The fourth-order valence-corrected chi connectivity index (χ4v) is 4.98. The predicted octanol–water partition coefficient (Wildman–Crippen LogP) is 1.82. The summed E-state index contributed by atoms with van der Waals surface area (Å²) in [6.07, 6.45) is 5.06. The average Bonchev–Trinajstić information content (AvgIpc) is 3.01. The first-order chi connectivity index (χ1) is 12.7. The summed E-state index contributed by atoms with van der Waals surface area (Å²) in [5, 5.41) is 11.8. The van der Waals surface area contributed by atoms with Gasteiger partial charge in [0.2, 0.25) is 10.0 Å². The number of carboxylic acids is 1. The third kappa shape index (κ3) is 5.10. The van der Waals surface area contributed by atoms with Crippen LogP contribution in [0.3, 0.4) is 0 Å². The minimum Gasteiger partial charge on any atom is -0.480 e. The van der Waals surface area contributed by atoms with Crippen LogP contribution in [-0.2, 0) is 21.9 Å². The van der Waals surface area contributed by atoms with Crippen molar-refractivity contribution in [3.05, 3.63) is 18.0 Å². The molecule has 0 aliphatic carbocycles. The minimum absolute atomic E-state index is 0.0599. The van der Waals surface area contributed by atoms with Gasteiger partial charge in [-0.3, -0.25) is 4.79 Å². The Morgan fingerprint density at radius 3 is 2.70 bits per heavy atom. The van der Waals surface area contributed by atoms with Crippen LogP contribution in [0.4, 0.5) is 0 Å². The first-order valence-corrected chi connectivity index (χ1v) is 10.8. The minimum atomic E-state index is -3.67. The van der Waals surface area contributed by atoms with Crippen LogP contribution in [-0.4, -0.2) is 53.4 Å². The Kier molecular flexibility index (Phi) is 7.05. The van der Waals surface area contributed by atoms with Crippen LogP contribution in [0.1, 0.15) is 56.4 Å². The van der Waals surface area contributed by atoms with E-state index in [1.54, 1.807) is 7.05 Å². The van der Waals surface area contributed by atoms with E-state index in [1.165, 1.54) is 21.1 Å². The summed E-state index contributed by atoms with van der Waals surface area (Å²) >= 11 is 0. The Morgan fingerprint density at radius 1 is 1.41 bits per heavy atom. The van der Waals surface area contributed by atoms with E-state index in [2.05, 4.69) is 5.32 Å². The number of nitrogens with one attached hydrogen (secondary N) is 1. The van der Waals surface area contributed by atoms with Crippen molar-refractivity contribution >= 4 is 21.9 Å². The second-order valence-electron chi connectivity index (χ2n) is 7.29. The first kappa shape index (κ1) is 21.4. The van der Waals surface area contributed by atoms with Crippen molar-refractivity contribution in [2.75, 3.05) is 13.1 Å². The summed E-state index contributed by atoms with van der Waals surface area (Å²) in [7, 11) is -2.09. The highest BCUT2D eigenvalue weighted by Gasteiger charge is 2.31. The van der Waals surface area contributed by atoms with Gasteiger partial charge in [0.1, 0.15) is 16.6 Å². The van der Waals surface area contributed by atoms with E-state index in [4.69, 9.17) is 0 Å². The molecule has 2 unspecified atom stereocenters. The molecule has 1 aliphatic rings. The highest BCUT2D eigenvalue weighted by molar-refractivity contribution is 7.89. The molecule has 2 rings (SSSR count). The molecule has 8 nitrogen and oxygen atoms in total. The molecule has 27 heavy (non-hydrogen) atoms. The number of rotatable bonds is 8. The predicted molar refractivity (Wildman–Crippen MR) is 101 cm³/mol. The molecule has 1 amide bonds. The van der Waals surface area contributed by atoms with Crippen LogP contribution in [0, 0.1) is 5.92 Å². The lowest BCUT2D eigenvalue weighted by Crippen LogP contribution is -2.41. The summed E-state index contributed by atoms with van der Waals surface area (Å²) in [4.78, 5) is 23.9. The van der Waals surface area contributed by atoms with Crippen LogP contribution in [0.5, 0.6) is 0 Å². The molecule has 9 heteroatoms. The molecule has 0 saturated carbocycles. The van der Waals surface area contributed by atoms with Gasteiger partial charge in [-0.05, 0) is 31.2 Å². The van der Waals surface area contributed by atoms with Gasteiger partial charge in [0.15, 0.2) is 0 Å². The summed E-state index contributed by atoms with van der Waals surface area (Å²) in [6.45, 7) is 4.91.